The summed E-state index contributed by atoms with van der Waals surface area (Å²) in [6.45, 7) is 2.93. The van der Waals surface area contributed by atoms with Crippen molar-refractivity contribution in [1.82, 2.24) is 0 Å². The third-order valence-corrected chi connectivity index (χ3v) is 8.85. The molecule has 0 aliphatic carbocycles. The molecule has 0 aromatic heterocycles. The quantitative estimate of drug-likeness (QED) is 0.0487. The topological polar surface area (TPSA) is 267 Å². The van der Waals surface area contributed by atoms with Crippen LogP contribution in [0.5, 0.6) is 0 Å². The van der Waals surface area contributed by atoms with Gasteiger partial charge in [0.05, 0.1) is 33.3 Å². The van der Waals surface area contributed by atoms with Crippen LogP contribution in [0.1, 0.15) is 22.8 Å². The zero-order valence-electron chi connectivity index (χ0n) is 28.7. The molecule has 0 aliphatic heterocycles. The minimum atomic E-state index is -4.88. The van der Waals surface area contributed by atoms with Gasteiger partial charge >= 0.3 is 29.6 Å². The summed E-state index contributed by atoms with van der Waals surface area (Å²) in [5.41, 5.74) is 8.58. The number of nitrogens with zero attached hydrogens (tertiary/aromatic N) is 6. The van der Waals surface area contributed by atoms with Crippen molar-refractivity contribution in [2.45, 2.75) is 23.6 Å². The van der Waals surface area contributed by atoms with Crippen LogP contribution in [0.4, 0.5) is 51.2 Å². The minimum Gasteiger partial charge on any atom is -0.399 e. The molecule has 0 unspecified atom stereocenters. The minimum absolute atomic E-state index is 0. The van der Waals surface area contributed by atoms with Crippen LogP contribution >= 0.6 is 0 Å². The summed E-state index contributed by atoms with van der Waals surface area (Å²) in [5, 5.41) is 29.8. The molecule has 0 spiro atoms. The van der Waals surface area contributed by atoms with Crippen molar-refractivity contribution in [3.63, 3.8) is 0 Å². The fraction of sp³-hybridized carbons (Fsp3) is 0.0588. The van der Waals surface area contributed by atoms with Gasteiger partial charge in [-0.2, -0.15) is 37.3 Å². The van der Waals surface area contributed by atoms with E-state index in [0.717, 1.165) is 6.07 Å². The molecule has 0 heterocycles. The molecule has 0 atom stereocenters. The molecule has 5 rings (SSSR count). The van der Waals surface area contributed by atoms with E-state index < -0.39 is 31.0 Å². The Morgan fingerprint density at radius 1 is 0.611 bits per heavy atom. The molecule has 5 aromatic rings. The molecule has 0 fully saturated rings. The summed E-state index contributed by atoms with van der Waals surface area (Å²) in [6.07, 6.45) is 0. The molecule has 2 amide bonds. The Balaban J connectivity index is 0.00000650. The van der Waals surface area contributed by atoms with Gasteiger partial charge in [-0.15, -0.1) is 10.2 Å². The summed E-state index contributed by atoms with van der Waals surface area (Å²) in [6, 6.07) is 24.6. The van der Waals surface area contributed by atoms with Gasteiger partial charge in [0.25, 0.3) is 26.1 Å². The van der Waals surface area contributed by atoms with Crippen molar-refractivity contribution in [3.05, 3.63) is 114 Å². The smallest absolute Gasteiger partial charge is 0.399 e. The molecule has 0 saturated heterocycles. The summed E-state index contributed by atoms with van der Waals surface area (Å²) in [7, 11) is -9.22. The maximum absolute atomic E-state index is 12.6. The third-order valence-electron chi connectivity index (χ3n) is 7.10. The number of carbonyl (C=O) groups is 2. The second-order valence-corrected chi connectivity index (χ2v) is 14.0. The Kier molecular flexibility index (Phi) is 13.4. The van der Waals surface area contributed by atoms with E-state index in [1.807, 2.05) is 0 Å². The van der Waals surface area contributed by atoms with Crippen LogP contribution in [0.25, 0.3) is 0 Å². The van der Waals surface area contributed by atoms with Crippen LogP contribution in [-0.2, 0) is 25.0 Å². The molecule has 0 radical (unpaired) electrons. The van der Waals surface area contributed by atoms with Gasteiger partial charge < -0.3 is 16.4 Å². The van der Waals surface area contributed by atoms with Gasteiger partial charge in [-0.1, -0.05) is 0 Å². The van der Waals surface area contributed by atoms with Crippen LogP contribution in [0.15, 0.2) is 144 Å². The standard InChI is InChI=1S/C34H29N9O8S2.Na/c1-20-17-27(37-34(45)22-3-5-23(35)6-4-22)13-16-29(20)41-43-32-18-30(36-21(2)44)31(19-33(32)53(49,50)51)42-40-25-9-7-24(8-10-25)38-39-26-11-14-28(15-12-26)52(46,47)48;/h3-19H,35H2,1-2H3,(H,36,44)(H,37,45)(H,46,47,48)(H,49,50,51);/q;+1. The molecule has 54 heavy (non-hydrogen) atoms. The average molecular weight is 779 g/mol. The molecular formula is C34H29N9NaO8S2+. The number of nitrogens with two attached hydrogens (primary N) is 1. The molecule has 0 saturated carbocycles. The number of azo groups is 3. The van der Waals surface area contributed by atoms with Gasteiger partial charge in [-0.3, -0.25) is 18.7 Å². The number of amides is 2. The SMILES string of the molecule is CC(=O)Nc1cc(N=Nc2ccc(NC(=O)c3ccc(N)cc3)cc2C)c(S(=O)(=O)O)cc1N=Nc1ccc(N=Nc2ccc(S(=O)(=O)O)cc2)cc1.[Na+]. The molecule has 6 N–H and O–H groups in total. The first-order valence-corrected chi connectivity index (χ1v) is 18.1. The number of anilines is 3. The number of hydrogen-bond acceptors (Lipinski definition) is 13. The molecule has 0 bridgehead atoms. The molecule has 5 aromatic carbocycles. The van der Waals surface area contributed by atoms with E-state index in [2.05, 4.69) is 41.3 Å². The van der Waals surface area contributed by atoms with Gasteiger partial charge in [0, 0.05) is 23.9 Å². The first-order chi connectivity index (χ1) is 25.0. The Morgan fingerprint density at radius 2 is 1.13 bits per heavy atom. The first kappa shape index (κ1) is 41.2. The Hall–Kier alpha value is -5.54. The predicted molar refractivity (Wildman–Crippen MR) is 196 cm³/mol. The van der Waals surface area contributed by atoms with Crippen LogP contribution in [0.2, 0.25) is 0 Å². The van der Waals surface area contributed by atoms with Gasteiger partial charge in [-0.05, 0) is 116 Å². The summed E-state index contributed by atoms with van der Waals surface area (Å²) in [4.78, 5) is 23.7. The van der Waals surface area contributed by atoms with E-state index in [4.69, 9.17) is 10.3 Å². The van der Waals surface area contributed by atoms with E-state index in [1.165, 1.54) is 49.4 Å². The maximum Gasteiger partial charge on any atom is 1.00 e. The van der Waals surface area contributed by atoms with Crippen molar-refractivity contribution in [1.29, 1.82) is 0 Å². The van der Waals surface area contributed by atoms with Crippen molar-refractivity contribution in [2.24, 2.45) is 30.7 Å². The van der Waals surface area contributed by atoms with Crippen molar-refractivity contribution in [3.8, 4) is 0 Å². The Bertz CT molecular complexity index is 2510. The van der Waals surface area contributed by atoms with Crippen LogP contribution in [-0.4, -0.2) is 37.8 Å². The molecular weight excluding hydrogens is 750 g/mol. The zero-order valence-corrected chi connectivity index (χ0v) is 32.4. The first-order valence-electron chi connectivity index (χ1n) is 15.2. The monoisotopic (exact) mass is 778 g/mol. The molecule has 20 heteroatoms. The maximum atomic E-state index is 12.6. The fourth-order valence-corrected chi connectivity index (χ4v) is 5.61. The summed E-state index contributed by atoms with van der Waals surface area (Å²) >= 11 is 0. The van der Waals surface area contributed by atoms with Crippen LogP contribution in [0, 0.1) is 6.92 Å². The normalized spacial score (nSPS) is 11.9. The van der Waals surface area contributed by atoms with Crippen molar-refractivity contribution >= 4 is 83.2 Å². The van der Waals surface area contributed by atoms with Crippen LogP contribution in [0.3, 0.4) is 0 Å². The van der Waals surface area contributed by atoms with Gasteiger partial charge in [0.1, 0.15) is 16.3 Å². The summed E-state index contributed by atoms with van der Waals surface area (Å²) in [5.74, 6) is -0.872. The number of benzene rings is 5. The predicted octanol–water partition coefficient (Wildman–Crippen LogP) is 5.53. The second-order valence-electron chi connectivity index (χ2n) is 11.2. The number of nitrogen functional groups attached to an aromatic ring is 1. The molecule has 0 aliphatic rings. The largest absolute Gasteiger partial charge is 1.00 e. The number of nitrogens with one attached hydrogen (secondary N) is 2. The third kappa shape index (κ3) is 11.2. The van der Waals surface area contributed by atoms with E-state index >= 15 is 0 Å². The Morgan fingerprint density at radius 3 is 1.65 bits per heavy atom. The fourth-order valence-electron chi connectivity index (χ4n) is 4.50. The van der Waals surface area contributed by atoms with E-state index in [9.17, 15) is 31.0 Å². The second kappa shape index (κ2) is 17.5. The number of aryl methyl sites for hydroxylation is 1. The zero-order chi connectivity index (χ0) is 38.3. The number of hydrogen-bond donors (Lipinski definition) is 5. The van der Waals surface area contributed by atoms with Crippen LogP contribution < -0.4 is 45.9 Å². The van der Waals surface area contributed by atoms with Gasteiger partial charge in [0.2, 0.25) is 5.91 Å². The number of rotatable bonds is 11. The Labute approximate surface area is 331 Å². The van der Waals surface area contributed by atoms with E-state index in [1.54, 1.807) is 61.5 Å². The van der Waals surface area contributed by atoms with E-state index in [0.29, 0.717) is 45.3 Å². The van der Waals surface area contributed by atoms with E-state index in [-0.39, 0.29) is 57.4 Å². The molecule has 270 valence electrons. The summed E-state index contributed by atoms with van der Waals surface area (Å²) < 4.78 is 66.4. The average Bonchev–Trinajstić information content (AvgIpc) is 3.09. The van der Waals surface area contributed by atoms with Crippen molar-refractivity contribution < 1.29 is 65.1 Å². The van der Waals surface area contributed by atoms with Crippen molar-refractivity contribution in [2.75, 3.05) is 16.4 Å². The van der Waals surface area contributed by atoms with Gasteiger partial charge in [0.15, 0.2) is 0 Å². The molecule has 17 nitrogen and oxygen atoms in total. The van der Waals surface area contributed by atoms with Gasteiger partial charge in [-0.25, -0.2) is 0 Å². The number of carbonyl (C=O) groups excluding carboxylic acids is 2.